The van der Waals surface area contributed by atoms with Crippen molar-refractivity contribution < 1.29 is 14.6 Å². The predicted molar refractivity (Wildman–Crippen MR) is 71.3 cm³/mol. The second-order valence-electron chi connectivity index (χ2n) is 4.47. The van der Waals surface area contributed by atoms with Crippen LogP contribution in [0.3, 0.4) is 0 Å². The molecule has 1 aromatic heterocycles. The van der Waals surface area contributed by atoms with E-state index < -0.39 is 5.97 Å². The van der Waals surface area contributed by atoms with E-state index in [-0.39, 0.29) is 5.56 Å². The summed E-state index contributed by atoms with van der Waals surface area (Å²) >= 11 is 0. The van der Waals surface area contributed by atoms with Crippen LogP contribution in [0.25, 0.3) is 5.69 Å². The summed E-state index contributed by atoms with van der Waals surface area (Å²) in [7, 11) is 1.63. The second-order valence-corrected chi connectivity index (χ2v) is 4.47. The molecule has 0 radical (unpaired) electrons. The monoisotopic (exact) mass is 260 g/mol. The quantitative estimate of drug-likeness (QED) is 0.920. The zero-order valence-electron chi connectivity index (χ0n) is 11.4. The standard InChI is InChI=1S/C14H16N2O3/c1-8-6-13(19-4)9(2)5-12(8)16-10(3)11(7-15-16)14(17)18/h5-7H,1-4H3,(H,17,18). The van der Waals surface area contributed by atoms with Gasteiger partial charge in [-0.1, -0.05) is 0 Å². The van der Waals surface area contributed by atoms with Crippen molar-refractivity contribution in [1.82, 2.24) is 9.78 Å². The lowest BCUT2D eigenvalue weighted by Gasteiger charge is -2.12. The molecule has 0 saturated heterocycles. The number of methoxy groups -OCH3 is 1. The van der Waals surface area contributed by atoms with Crippen LogP contribution in [0.15, 0.2) is 18.3 Å². The molecule has 0 aliphatic rings. The van der Waals surface area contributed by atoms with Crippen LogP contribution < -0.4 is 4.74 Å². The fraction of sp³-hybridized carbons (Fsp3) is 0.286. The number of carboxylic acids is 1. The van der Waals surface area contributed by atoms with Gasteiger partial charge in [0.2, 0.25) is 0 Å². The number of carbonyl (C=O) groups is 1. The lowest BCUT2D eigenvalue weighted by molar-refractivity contribution is 0.0696. The summed E-state index contributed by atoms with van der Waals surface area (Å²) in [6, 6.07) is 3.87. The minimum atomic E-state index is -0.966. The molecule has 1 heterocycles. The summed E-state index contributed by atoms with van der Waals surface area (Å²) in [6.07, 6.45) is 1.37. The number of hydrogen-bond acceptors (Lipinski definition) is 3. The summed E-state index contributed by atoms with van der Waals surface area (Å²) in [5, 5.41) is 13.2. The lowest BCUT2D eigenvalue weighted by Crippen LogP contribution is -2.05. The highest BCUT2D eigenvalue weighted by molar-refractivity contribution is 5.88. The van der Waals surface area contributed by atoms with Gasteiger partial charge in [0.25, 0.3) is 0 Å². The van der Waals surface area contributed by atoms with Crippen molar-refractivity contribution in [2.45, 2.75) is 20.8 Å². The Labute approximate surface area is 111 Å². The number of hydrogen-bond donors (Lipinski definition) is 1. The molecule has 19 heavy (non-hydrogen) atoms. The van der Waals surface area contributed by atoms with E-state index in [4.69, 9.17) is 9.84 Å². The first-order valence-corrected chi connectivity index (χ1v) is 5.89. The molecule has 2 rings (SSSR count). The SMILES string of the molecule is COc1cc(C)c(-n2ncc(C(=O)O)c2C)cc1C. The summed E-state index contributed by atoms with van der Waals surface area (Å²) in [6.45, 7) is 5.63. The van der Waals surface area contributed by atoms with E-state index in [2.05, 4.69) is 5.10 Å². The molecular weight excluding hydrogens is 244 g/mol. The first-order chi connectivity index (χ1) is 8.95. The van der Waals surface area contributed by atoms with E-state index in [1.54, 1.807) is 18.7 Å². The minimum absolute atomic E-state index is 0.216. The van der Waals surface area contributed by atoms with Crippen molar-refractivity contribution in [1.29, 1.82) is 0 Å². The molecule has 0 amide bonds. The topological polar surface area (TPSA) is 64.4 Å². The fourth-order valence-corrected chi connectivity index (χ4v) is 2.08. The van der Waals surface area contributed by atoms with E-state index in [1.165, 1.54) is 6.20 Å². The average molecular weight is 260 g/mol. The summed E-state index contributed by atoms with van der Waals surface area (Å²) in [4.78, 5) is 11.0. The molecule has 1 N–H and O–H groups in total. The van der Waals surface area contributed by atoms with Crippen molar-refractivity contribution in [3.8, 4) is 11.4 Å². The highest BCUT2D eigenvalue weighted by Gasteiger charge is 2.15. The maximum Gasteiger partial charge on any atom is 0.339 e. The third kappa shape index (κ3) is 2.19. The van der Waals surface area contributed by atoms with Gasteiger partial charge in [0.05, 0.1) is 24.7 Å². The molecule has 0 aliphatic carbocycles. The van der Waals surface area contributed by atoms with Gasteiger partial charge in [0, 0.05) is 0 Å². The molecule has 5 nitrogen and oxygen atoms in total. The second kappa shape index (κ2) is 4.76. The van der Waals surface area contributed by atoms with Gasteiger partial charge in [0.1, 0.15) is 11.3 Å². The molecule has 0 aliphatic heterocycles. The van der Waals surface area contributed by atoms with Gasteiger partial charge >= 0.3 is 5.97 Å². The van der Waals surface area contributed by atoms with Crippen LogP contribution in [-0.4, -0.2) is 28.0 Å². The van der Waals surface area contributed by atoms with Gasteiger partial charge in [-0.2, -0.15) is 5.10 Å². The Balaban J connectivity index is 2.60. The Morgan fingerprint density at radius 2 is 1.95 bits per heavy atom. The maximum absolute atomic E-state index is 11.0. The van der Waals surface area contributed by atoms with Crippen molar-refractivity contribution in [3.05, 3.63) is 40.7 Å². The molecule has 100 valence electrons. The minimum Gasteiger partial charge on any atom is -0.496 e. The van der Waals surface area contributed by atoms with Gasteiger partial charge in [-0.05, 0) is 44.0 Å². The van der Waals surface area contributed by atoms with E-state index in [0.29, 0.717) is 5.69 Å². The first-order valence-electron chi connectivity index (χ1n) is 5.89. The number of aromatic nitrogens is 2. The third-order valence-electron chi connectivity index (χ3n) is 3.18. The number of rotatable bonds is 3. The van der Waals surface area contributed by atoms with Gasteiger partial charge < -0.3 is 9.84 Å². The Bertz CT molecular complexity index is 644. The largest absolute Gasteiger partial charge is 0.496 e. The van der Waals surface area contributed by atoms with E-state index in [0.717, 1.165) is 22.6 Å². The third-order valence-corrected chi connectivity index (χ3v) is 3.18. The van der Waals surface area contributed by atoms with E-state index in [1.807, 2.05) is 26.0 Å². The molecule has 5 heteroatoms. The molecule has 0 atom stereocenters. The number of aryl methyl sites for hydroxylation is 2. The normalized spacial score (nSPS) is 10.5. The number of ether oxygens (including phenoxy) is 1. The summed E-state index contributed by atoms with van der Waals surface area (Å²) in [5.41, 5.74) is 3.65. The Morgan fingerprint density at radius 1 is 1.26 bits per heavy atom. The number of benzene rings is 1. The van der Waals surface area contributed by atoms with Crippen LogP contribution in [0.4, 0.5) is 0 Å². The van der Waals surface area contributed by atoms with Gasteiger partial charge in [-0.15, -0.1) is 0 Å². The molecular formula is C14H16N2O3. The predicted octanol–water partition coefficient (Wildman–Crippen LogP) is 2.50. The lowest BCUT2D eigenvalue weighted by atomic mass is 10.1. The highest BCUT2D eigenvalue weighted by Crippen LogP contribution is 2.26. The van der Waals surface area contributed by atoms with Gasteiger partial charge in [-0.3, -0.25) is 0 Å². The summed E-state index contributed by atoms with van der Waals surface area (Å²) in [5.74, 6) is -0.156. The number of carboxylic acid groups (broad SMARTS) is 1. The van der Waals surface area contributed by atoms with Crippen LogP contribution in [0.5, 0.6) is 5.75 Å². The highest BCUT2D eigenvalue weighted by atomic mass is 16.5. The molecule has 0 unspecified atom stereocenters. The van der Waals surface area contributed by atoms with Crippen LogP contribution in [0.1, 0.15) is 27.2 Å². The molecule has 2 aromatic rings. The van der Waals surface area contributed by atoms with Gasteiger partial charge in [-0.25, -0.2) is 9.48 Å². The van der Waals surface area contributed by atoms with Crippen LogP contribution in [-0.2, 0) is 0 Å². The zero-order valence-corrected chi connectivity index (χ0v) is 11.4. The van der Waals surface area contributed by atoms with Crippen molar-refractivity contribution in [2.75, 3.05) is 7.11 Å². The average Bonchev–Trinajstić information content (AvgIpc) is 2.73. The Hall–Kier alpha value is -2.30. The van der Waals surface area contributed by atoms with Gasteiger partial charge in [0.15, 0.2) is 0 Å². The van der Waals surface area contributed by atoms with E-state index >= 15 is 0 Å². The van der Waals surface area contributed by atoms with Crippen molar-refractivity contribution >= 4 is 5.97 Å². The van der Waals surface area contributed by atoms with Crippen molar-refractivity contribution in [2.24, 2.45) is 0 Å². The zero-order chi connectivity index (χ0) is 14.2. The first kappa shape index (κ1) is 13.1. The summed E-state index contributed by atoms with van der Waals surface area (Å²) < 4.78 is 6.91. The molecule has 0 bridgehead atoms. The number of aromatic carboxylic acids is 1. The van der Waals surface area contributed by atoms with Crippen LogP contribution in [0, 0.1) is 20.8 Å². The molecule has 0 fully saturated rings. The maximum atomic E-state index is 11.0. The van der Waals surface area contributed by atoms with E-state index in [9.17, 15) is 4.79 Å². The van der Waals surface area contributed by atoms with Crippen LogP contribution in [0.2, 0.25) is 0 Å². The fourth-order valence-electron chi connectivity index (χ4n) is 2.08. The number of nitrogens with zero attached hydrogens (tertiary/aromatic N) is 2. The van der Waals surface area contributed by atoms with Crippen molar-refractivity contribution in [3.63, 3.8) is 0 Å². The molecule has 1 aromatic carbocycles. The Kier molecular flexibility index (Phi) is 3.29. The Morgan fingerprint density at radius 3 is 2.47 bits per heavy atom. The smallest absolute Gasteiger partial charge is 0.339 e. The van der Waals surface area contributed by atoms with Crippen LogP contribution >= 0.6 is 0 Å². The molecule has 0 spiro atoms. The molecule has 0 saturated carbocycles.